The third-order valence-electron chi connectivity index (χ3n) is 5.87. The summed E-state index contributed by atoms with van der Waals surface area (Å²) in [6, 6.07) is 14.6. The van der Waals surface area contributed by atoms with Crippen molar-refractivity contribution in [1.29, 1.82) is 0 Å². The predicted octanol–water partition coefficient (Wildman–Crippen LogP) is 5.29. The summed E-state index contributed by atoms with van der Waals surface area (Å²) in [4.78, 5) is 15.5. The van der Waals surface area contributed by atoms with Gasteiger partial charge in [-0.25, -0.2) is 9.78 Å². The molecule has 1 heterocycles. The van der Waals surface area contributed by atoms with E-state index in [-0.39, 0.29) is 36.4 Å². The van der Waals surface area contributed by atoms with Gasteiger partial charge < -0.3 is 25.6 Å². The summed E-state index contributed by atoms with van der Waals surface area (Å²) < 4.78 is 5.97. The van der Waals surface area contributed by atoms with Crippen LogP contribution in [0.3, 0.4) is 0 Å². The Labute approximate surface area is 221 Å². The van der Waals surface area contributed by atoms with Gasteiger partial charge in [-0.05, 0) is 66.8 Å². The van der Waals surface area contributed by atoms with Crippen molar-refractivity contribution in [3.63, 3.8) is 0 Å². The summed E-state index contributed by atoms with van der Waals surface area (Å²) >= 11 is 5.81. The Kier molecular flexibility index (Phi) is 10.6. The number of aromatic nitrogens is 1. The lowest BCUT2D eigenvalue weighted by Crippen LogP contribution is -2.37. The van der Waals surface area contributed by atoms with Crippen LogP contribution in [0.4, 0.5) is 5.69 Å². The first-order valence-corrected chi connectivity index (χ1v) is 11.2. The van der Waals surface area contributed by atoms with Gasteiger partial charge in [-0.1, -0.05) is 23.7 Å². The number of hydrogen-bond acceptors (Lipinski definition) is 6. The van der Waals surface area contributed by atoms with Gasteiger partial charge in [0.15, 0.2) is 0 Å². The van der Waals surface area contributed by atoms with E-state index in [1.54, 1.807) is 37.5 Å². The molecule has 0 radical (unpaired) electrons. The van der Waals surface area contributed by atoms with Crippen molar-refractivity contribution in [2.24, 2.45) is 0 Å². The molecular formula is C25H28Cl3N3O4. The fourth-order valence-electron chi connectivity index (χ4n) is 4.07. The lowest BCUT2D eigenvalue weighted by Gasteiger charge is -2.27. The molecule has 10 heteroatoms. The van der Waals surface area contributed by atoms with Gasteiger partial charge in [-0.15, -0.1) is 24.8 Å². The first-order chi connectivity index (χ1) is 15.9. The lowest BCUT2D eigenvalue weighted by atomic mass is 9.88. The highest BCUT2D eigenvalue weighted by Gasteiger charge is 2.20. The average Bonchev–Trinajstić information content (AvgIpc) is 2.82. The number of nitrogens with one attached hydrogen (secondary N) is 2. The van der Waals surface area contributed by atoms with Crippen molar-refractivity contribution < 1.29 is 19.7 Å². The Balaban J connectivity index is 0.00000216. The number of carbonyl (C=O) groups is 1. The second-order valence-corrected chi connectivity index (χ2v) is 8.46. The molecule has 0 fully saturated rings. The van der Waals surface area contributed by atoms with Gasteiger partial charge in [0.05, 0.1) is 11.7 Å². The number of benzene rings is 2. The van der Waals surface area contributed by atoms with Crippen LogP contribution in [0, 0.1) is 0 Å². The quantitative estimate of drug-likeness (QED) is 0.288. The van der Waals surface area contributed by atoms with Crippen LogP contribution < -0.4 is 15.4 Å². The molecule has 4 rings (SSSR count). The number of ether oxygens (including phenoxy) is 1. The largest absolute Gasteiger partial charge is 0.478 e. The van der Waals surface area contributed by atoms with E-state index in [9.17, 15) is 15.0 Å². The number of nitrogens with zero attached hydrogens (tertiary/aromatic N) is 1. The topological polar surface area (TPSA) is 104 Å². The molecule has 1 aliphatic rings. The summed E-state index contributed by atoms with van der Waals surface area (Å²) in [6.45, 7) is 0.426. The van der Waals surface area contributed by atoms with Crippen LogP contribution in [0.15, 0.2) is 54.7 Å². The van der Waals surface area contributed by atoms with Crippen LogP contribution >= 0.6 is 36.4 Å². The van der Waals surface area contributed by atoms with Crippen LogP contribution in [-0.2, 0) is 12.8 Å². The van der Waals surface area contributed by atoms with E-state index >= 15 is 0 Å². The highest BCUT2D eigenvalue weighted by atomic mass is 35.5. The predicted molar refractivity (Wildman–Crippen MR) is 142 cm³/mol. The van der Waals surface area contributed by atoms with Crippen molar-refractivity contribution in [2.45, 2.75) is 31.4 Å². The van der Waals surface area contributed by atoms with Gasteiger partial charge >= 0.3 is 5.97 Å². The highest BCUT2D eigenvalue weighted by Crippen LogP contribution is 2.30. The zero-order valence-electron chi connectivity index (χ0n) is 19.0. The molecule has 0 spiro atoms. The van der Waals surface area contributed by atoms with E-state index < -0.39 is 12.1 Å². The van der Waals surface area contributed by atoms with Crippen LogP contribution in [0.2, 0.25) is 5.15 Å². The number of aliphatic hydroxyl groups is 1. The van der Waals surface area contributed by atoms with Crippen molar-refractivity contribution >= 4 is 48.1 Å². The maximum absolute atomic E-state index is 11.5. The number of aryl methyl sites for hydroxylation is 1. The molecule has 0 aliphatic heterocycles. The van der Waals surface area contributed by atoms with E-state index in [1.165, 1.54) is 17.2 Å². The molecule has 0 saturated carbocycles. The summed E-state index contributed by atoms with van der Waals surface area (Å²) in [5, 5.41) is 26.6. The Morgan fingerprint density at radius 3 is 2.57 bits per heavy atom. The van der Waals surface area contributed by atoms with Crippen molar-refractivity contribution in [2.75, 3.05) is 18.9 Å². The summed E-state index contributed by atoms with van der Waals surface area (Å²) in [5.41, 5.74) is 3.88. The number of fused-ring (bicyclic) bond motifs is 1. The summed E-state index contributed by atoms with van der Waals surface area (Å²) in [6.07, 6.45) is 3.66. The molecule has 4 N–H and O–H groups in total. The SMILES string of the molecule is CNc1ccc(Oc2ccc3c(c2)C[C@@H](NC[C@H](O)c2ccc(Cl)nc2)CC3)cc1C(=O)O.Cl.Cl. The van der Waals surface area contributed by atoms with Crippen LogP contribution in [0.1, 0.15) is 39.6 Å². The Bertz CT molecular complexity index is 1150. The standard InChI is InChI=1S/C25H26ClN3O4.2ClH/c1-27-22-8-7-20(12-21(22)25(31)32)33-19-6-3-15-2-5-18(10-17(15)11-19)28-14-23(30)16-4-9-24(26)29-13-16;;/h3-4,6-9,11-13,18,23,27-28,30H,2,5,10,14H2,1H3,(H,31,32);2*1H/t18-,23-;;/m0../s1. The Morgan fingerprint density at radius 2 is 1.89 bits per heavy atom. The van der Waals surface area contributed by atoms with Crippen molar-refractivity contribution in [3.8, 4) is 11.5 Å². The van der Waals surface area contributed by atoms with Crippen molar-refractivity contribution in [1.82, 2.24) is 10.3 Å². The molecule has 0 saturated heterocycles. The van der Waals surface area contributed by atoms with Gasteiger partial charge in [-0.3, -0.25) is 0 Å². The molecular weight excluding hydrogens is 513 g/mol. The maximum atomic E-state index is 11.5. The number of anilines is 1. The number of aromatic carboxylic acids is 1. The average molecular weight is 541 g/mol. The molecule has 2 atom stereocenters. The van der Waals surface area contributed by atoms with Crippen molar-refractivity contribution in [3.05, 3.63) is 82.1 Å². The van der Waals surface area contributed by atoms with E-state index in [0.717, 1.165) is 24.8 Å². The van der Waals surface area contributed by atoms with E-state index in [1.807, 2.05) is 12.1 Å². The maximum Gasteiger partial charge on any atom is 0.337 e. The third-order valence-corrected chi connectivity index (χ3v) is 6.09. The molecule has 35 heavy (non-hydrogen) atoms. The second-order valence-electron chi connectivity index (χ2n) is 8.07. The van der Waals surface area contributed by atoms with Gasteiger partial charge in [0, 0.05) is 37.1 Å². The lowest BCUT2D eigenvalue weighted by molar-refractivity contribution is 0.0697. The summed E-state index contributed by atoms with van der Waals surface area (Å²) in [7, 11) is 1.68. The Morgan fingerprint density at radius 1 is 1.14 bits per heavy atom. The zero-order valence-corrected chi connectivity index (χ0v) is 21.4. The normalized spacial score (nSPS) is 15.1. The molecule has 188 valence electrons. The summed E-state index contributed by atoms with van der Waals surface area (Å²) in [5.74, 6) is 0.118. The minimum atomic E-state index is -1.01. The molecule has 2 aromatic carbocycles. The molecule has 7 nitrogen and oxygen atoms in total. The van der Waals surface area contributed by atoms with Crippen LogP contribution in [0.25, 0.3) is 0 Å². The van der Waals surface area contributed by atoms with Gasteiger partial charge in [0.25, 0.3) is 0 Å². The number of halogens is 3. The number of aliphatic hydroxyl groups excluding tert-OH is 1. The molecule has 1 aromatic heterocycles. The van der Waals surface area contributed by atoms with Crippen LogP contribution in [-0.4, -0.2) is 40.8 Å². The number of pyridine rings is 1. The zero-order chi connectivity index (χ0) is 23.4. The first kappa shape index (κ1) is 28.7. The van der Waals surface area contributed by atoms with Gasteiger partial charge in [-0.2, -0.15) is 0 Å². The molecule has 1 aliphatic carbocycles. The molecule has 0 unspecified atom stereocenters. The van der Waals surface area contributed by atoms with Gasteiger partial charge in [0.1, 0.15) is 16.7 Å². The number of hydrogen-bond donors (Lipinski definition) is 4. The smallest absolute Gasteiger partial charge is 0.337 e. The van der Waals surface area contributed by atoms with Crippen LogP contribution in [0.5, 0.6) is 11.5 Å². The number of carboxylic acids is 1. The first-order valence-electron chi connectivity index (χ1n) is 10.8. The van der Waals surface area contributed by atoms with Gasteiger partial charge in [0.2, 0.25) is 0 Å². The van der Waals surface area contributed by atoms with E-state index in [0.29, 0.717) is 28.9 Å². The molecule has 0 amide bonds. The third kappa shape index (κ3) is 7.22. The molecule has 0 bridgehead atoms. The number of rotatable bonds is 8. The Hall–Kier alpha value is -2.55. The highest BCUT2D eigenvalue weighted by molar-refractivity contribution is 6.29. The monoisotopic (exact) mass is 539 g/mol. The molecule has 3 aromatic rings. The second kappa shape index (κ2) is 13.0. The fraction of sp³-hybridized carbons (Fsp3) is 0.280. The van der Waals surface area contributed by atoms with E-state index in [4.69, 9.17) is 16.3 Å². The number of carboxylic acid groups (broad SMARTS) is 1. The minimum absolute atomic E-state index is 0. The fourth-order valence-corrected chi connectivity index (χ4v) is 4.18. The van der Waals surface area contributed by atoms with E-state index in [2.05, 4.69) is 21.7 Å². The minimum Gasteiger partial charge on any atom is -0.478 e.